The van der Waals surface area contributed by atoms with E-state index in [1.807, 2.05) is 21.1 Å². The monoisotopic (exact) mass is 1100 g/mol. The van der Waals surface area contributed by atoms with Crippen LogP contribution in [0, 0.1) is 0 Å². The molecular formula is C68H111NO8P+. The van der Waals surface area contributed by atoms with Crippen molar-refractivity contribution in [3.05, 3.63) is 158 Å². The van der Waals surface area contributed by atoms with Crippen LogP contribution in [0.15, 0.2) is 158 Å². The van der Waals surface area contributed by atoms with Crippen LogP contribution in [0.25, 0.3) is 0 Å². The van der Waals surface area contributed by atoms with E-state index in [0.29, 0.717) is 23.9 Å². The number of likely N-dealkylation sites (N-methyl/N-ethyl adjacent to an activating group) is 1. The molecule has 0 amide bonds. The number of nitrogens with zero attached hydrogens (tertiary/aromatic N) is 1. The minimum atomic E-state index is -4.41. The minimum absolute atomic E-state index is 0.0149. The first-order chi connectivity index (χ1) is 38.0. The third kappa shape index (κ3) is 60.9. The van der Waals surface area contributed by atoms with E-state index in [4.69, 9.17) is 18.5 Å². The van der Waals surface area contributed by atoms with Gasteiger partial charge in [0.1, 0.15) is 19.8 Å². The highest BCUT2D eigenvalue weighted by atomic mass is 31.2. The highest BCUT2D eigenvalue weighted by molar-refractivity contribution is 7.47. The molecule has 2 atom stereocenters. The van der Waals surface area contributed by atoms with E-state index in [-0.39, 0.29) is 26.1 Å². The van der Waals surface area contributed by atoms with Gasteiger partial charge in [0.2, 0.25) is 0 Å². The number of carbonyl (C=O) groups excluding carboxylic acids is 2. The van der Waals surface area contributed by atoms with Gasteiger partial charge in [-0.2, -0.15) is 0 Å². The van der Waals surface area contributed by atoms with Crippen molar-refractivity contribution in [1.29, 1.82) is 0 Å². The summed E-state index contributed by atoms with van der Waals surface area (Å²) in [4.78, 5) is 35.7. The van der Waals surface area contributed by atoms with Crippen molar-refractivity contribution in [1.82, 2.24) is 0 Å². The van der Waals surface area contributed by atoms with E-state index in [1.54, 1.807) is 0 Å². The average Bonchev–Trinajstić information content (AvgIpc) is 3.41. The van der Waals surface area contributed by atoms with E-state index < -0.39 is 32.5 Å². The van der Waals surface area contributed by atoms with Crippen LogP contribution in [0.4, 0.5) is 0 Å². The summed E-state index contributed by atoms with van der Waals surface area (Å²) in [5, 5.41) is 0. The molecule has 78 heavy (non-hydrogen) atoms. The maximum absolute atomic E-state index is 12.8. The van der Waals surface area contributed by atoms with E-state index in [2.05, 4.69) is 172 Å². The Kier molecular flexibility index (Phi) is 54.1. The number of carbonyl (C=O) groups is 2. The second-order valence-corrected chi connectivity index (χ2v) is 22.1. The number of ether oxygens (including phenoxy) is 2. The van der Waals surface area contributed by atoms with Gasteiger partial charge in [-0.1, -0.05) is 230 Å². The molecule has 2 unspecified atom stereocenters. The Morgan fingerprint density at radius 2 is 0.692 bits per heavy atom. The Bertz CT molecular complexity index is 1870. The first-order valence-corrected chi connectivity index (χ1v) is 31.7. The standard InChI is InChI=1S/C68H110NO8P/c1-6-8-10-12-14-16-18-20-22-24-26-28-29-30-31-32-33-34-35-36-37-38-39-41-43-45-47-49-51-53-55-57-59-61-68(71)77-66(65-76-78(72,73)75-63-62-69(3,4)5)64-74-67(70)60-58-56-54-52-50-48-46-44-42-40-27-25-23-21-19-17-15-13-11-9-7-2/h8-11,14-17,20-23,26-28,30-31,33-34,36-37,40,44,46,50,52,66H,6-7,12-13,18-19,24-25,29,32,35,38-39,41-43,45,47-49,51,53-65H2,1-5H3/p+1/b10-8-,11-9-,16-14-,17-15-,22-20-,23-21-,28-26-,31-30-,34-33-,37-36-,40-27-,46-44-,52-50-. The largest absolute Gasteiger partial charge is 0.472 e. The van der Waals surface area contributed by atoms with E-state index in [0.717, 1.165) is 122 Å². The van der Waals surface area contributed by atoms with Gasteiger partial charge in [-0.05, 0) is 122 Å². The fraction of sp³-hybridized carbons (Fsp3) is 0.588. The average molecular weight is 1100 g/mol. The lowest BCUT2D eigenvalue weighted by Gasteiger charge is -2.24. The van der Waals surface area contributed by atoms with Crippen molar-refractivity contribution in [2.45, 2.75) is 213 Å². The van der Waals surface area contributed by atoms with E-state index in [1.165, 1.54) is 44.9 Å². The molecule has 10 heteroatoms. The molecule has 0 saturated heterocycles. The Hall–Kier alpha value is -4.37. The summed E-state index contributed by atoms with van der Waals surface area (Å²) in [5.74, 6) is -0.864. The van der Waals surface area contributed by atoms with Crippen molar-refractivity contribution in [3.8, 4) is 0 Å². The number of hydrogen-bond acceptors (Lipinski definition) is 7. The molecule has 0 bridgehead atoms. The van der Waals surface area contributed by atoms with Crippen molar-refractivity contribution in [2.75, 3.05) is 47.5 Å². The van der Waals surface area contributed by atoms with Crippen LogP contribution in [0.2, 0.25) is 0 Å². The van der Waals surface area contributed by atoms with Gasteiger partial charge < -0.3 is 18.9 Å². The van der Waals surface area contributed by atoms with Gasteiger partial charge in [-0.15, -0.1) is 0 Å². The van der Waals surface area contributed by atoms with Crippen molar-refractivity contribution >= 4 is 19.8 Å². The lowest BCUT2D eigenvalue weighted by Crippen LogP contribution is -2.37. The number of esters is 2. The maximum atomic E-state index is 12.8. The predicted octanol–water partition coefficient (Wildman–Crippen LogP) is 19.3. The van der Waals surface area contributed by atoms with Gasteiger partial charge in [-0.3, -0.25) is 18.6 Å². The van der Waals surface area contributed by atoms with Gasteiger partial charge >= 0.3 is 19.8 Å². The Balaban J connectivity index is 4.23. The number of unbranched alkanes of at least 4 members (excludes halogenated alkanes) is 13. The molecule has 0 saturated carbocycles. The molecule has 0 aliphatic heterocycles. The number of quaternary nitrogens is 1. The summed E-state index contributed by atoms with van der Waals surface area (Å²) in [6.07, 6.45) is 86.0. The van der Waals surface area contributed by atoms with Crippen LogP contribution in [-0.2, 0) is 32.7 Å². The number of phosphoric acid groups is 1. The quantitative estimate of drug-likeness (QED) is 0.0211. The Morgan fingerprint density at radius 1 is 0.397 bits per heavy atom. The van der Waals surface area contributed by atoms with Crippen molar-refractivity contribution in [3.63, 3.8) is 0 Å². The van der Waals surface area contributed by atoms with Crippen LogP contribution in [0.1, 0.15) is 206 Å². The molecule has 0 aromatic carbocycles. The predicted molar refractivity (Wildman–Crippen MR) is 334 cm³/mol. The minimum Gasteiger partial charge on any atom is -0.462 e. The van der Waals surface area contributed by atoms with Gasteiger partial charge in [0.15, 0.2) is 6.10 Å². The zero-order chi connectivity index (χ0) is 57.0. The number of rotatable bonds is 53. The molecule has 0 aliphatic carbocycles. The fourth-order valence-electron chi connectivity index (χ4n) is 7.47. The SMILES string of the molecule is CC/C=C\C/C=C\C/C=C\C/C=C\C/C=C\C/C=C\C/C=C\CCCCCCCCCCCCCC(=O)OC(COC(=O)CCCC/C=C\C/C=C\C/C=C\C/C=C\C/C=C\C/C=C\CC)COP(=O)(O)OCC[N+](C)(C)C. The fourth-order valence-corrected chi connectivity index (χ4v) is 8.21. The zero-order valence-corrected chi connectivity index (χ0v) is 50.7. The molecule has 0 aromatic rings. The first-order valence-electron chi connectivity index (χ1n) is 30.2. The smallest absolute Gasteiger partial charge is 0.462 e. The van der Waals surface area contributed by atoms with E-state index in [9.17, 15) is 19.0 Å². The molecule has 9 nitrogen and oxygen atoms in total. The van der Waals surface area contributed by atoms with Gasteiger partial charge in [-0.25, -0.2) is 4.57 Å². The molecule has 0 heterocycles. The molecule has 0 aliphatic rings. The number of hydrogen-bond donors (Lipinski definition) is 1. The summed E-state index contributed by atoms with van der Waals surface area (Å²) in [6.45, 7) is 4.13. The second kappa shape index (κ2) is 57.3. The molecule has 1 N–H and O–H groups in total. The highest BCUT2D eigenvalue weighted by Gasteiger charge is 2.27. The first kappa shape index (κ1) is 73.6. The van der Waals surface area contributed by atoms with Gasteiger partial charge in [0.25, 0.3) is 0 Å². The summed E-state index contributed by atoms with van der Waals surface area (Å²) in [5.41, 5.74) is 0. The Labute approximate surface area is 477 Å². The molecule has 0 spiro atoms. The number of phosphoric ester groups is 1. The molecule has 0 radical (unpaired) electrons. The Morgan fingerprint density at radius 3 is 1.05 bits per heavy atom. The van der Waals surface area contributed by atoms with Gasteiger partial charge in [0, 0.05) is 12.8 Å². The van der Waals surface area contributed by atoms with Crippen LogP contribution < -0.4 is 0 Å². The molecular weight excluding hydrogens is 990 g/mol. The number of allylic oxidation sites excluding steroid dienone is 26. The lowest BCUT2D eigenvalue weighted by molar-refractivity contribution is -0.870. The maximum Gasteiger partial charge on any atom is 0.472 e. The third-order valence-corrected chi connectivity index (χ3v) is 13.0. The normalized spacial score (nSPS) is 14.4. The second-order valence-electron chi connectivity index (χ2n) is 20.6. The van der Waals surface area contributed by atoms with Crippen molar-refractivity contribution < 1.29 is 42.1 Å². The summed E-state index contributed by atoms with van der Waals surface area (Å²) < 4.78 is 34.5. The summed E-state index contributed by atoms with van der Waals surface area (Å²) in [7, 11) is 1.43. The lowest BCUT2D eigenvalue weighted by atomic mass is 10.0. The molecule has 0 aromatic heterocycles. The van der Waals surface area contributed by atoms with Crippen LogP contribution in [-0.4, -0.2) is 74.9 Å². The van der Waals surface area contributed by atoms with Gasteiger partial charge in [0.05, 0.1) is 27.7 Å². The third-order valence-electron chi connectivity index (χ3n) is 12.1. The zero-order valence-electron chi connectivity index (χ0n) is 49.8. The van der Waals surface area contributed by atoms with Crippen LogP contribution in [0.5, 0.6) is 0 Å². The topological polar surface area (TPSA) is 108 Å². The molecule has 0 rings (SSSR count). The molecule has 0 fully saturated rings. The van der Waals surface area contributed by atoms with Crippen LogP contribution >= 0.6 is 7.82 Å². The summed E-state index contributed by atoms with van der Waals surface area (Å²) >= 11 is 0. The van der Waals surface area contributed by atoms with E-state index >= 15 is 0 Å². The van der Waals surface area contributed by atoms with Crippen molar-refractivity contribution in [2.24, 2.45) is 0 Å². The molecule has 440 valence electrons. The highest BCUT2D eigenvalue weighted by Crippen LogP contribution is 2.43. The van der Waals surface area contributed by atoms with Crippen LogP contribution in [0.3, 0.4) is 0 Å². The summed E-state index contributed by atoms with van der Waals surface area (Å²) in [6, 6.07) is 0.